The standard InChI is InChI=1S/C17H22FN3/c1-2-21(13-16-5-3-4-11-20-16)12-10-17(19)14-6-8-15(18)9-7-14/h3-9,11,17H,2,10,12-13,19H2,1H3. The Balaban J connectivity index is 1.86. The van der Waals surface area contributed by atoms with Crippen LogP contribution < -0.4 is 5.73 Å². The van der Waals surface area contributed by atoms with Crippen LogP contribution in [0.3, 0.4) is 0 Å². The van der Waals surface area contributed by atoms with E-state index in [1.807, 2.05) is 24.4 Å². The highest BCUT2D eigenvalue weighted by Gasteiger charge is 2.10. The Labute approximate surface area is 125 Å². The molecule has 21 heavy (non-hydrogen) atoms. The van der Waals surface area contributed by atoms with Crippen molar-refractivity contribution < 1.29 is 4.39 Å². The first-order valence-electron chi connectivity index (χ1n) is 7.32. The Morgan fingerprint density at radius 3 is 2.57 bits per heavy atom. The number of nitrogens with zero attached hydrogens (tertiary/aromatic N) is 2. The summed E-state index contributed by atoms with van der Waals surface area (Å²) in [6.07, 6.45) is 2.65. The van der Waals surface area contributed by atoms with Gasteiger partial charge in [0.1, 0.15) is 5.82 Å². The van der Waals surface area contributed by atoms with Crippen LogP contribution in [0.2, 0.25) is 0 Å². The van der Waals surface area contributed by atoms with Gasteiger partial charge in [-0.15, -0.1) is 0 Å². The van der Waals surface area contributed by atoms with E-state index < -0.39 is 0 Å². The zero-order valence-corrected chi connectivity index (χ0v) is 12.4. The van der Waals surface area contributed by atoms with Crippen LogP contribution in [0.4, 0.5) is 4.39 Å². The van der Waals surface area contributed by atoms with E-state index in [1.54, 1.807) is 12.1 Å². The van der Waals surface area contributed by atoms with Crippen molar-refractivity contribution in [2.45, 2.75) is 25.9 Å². The predicted molar refractivity (Wildman–Crippen MR) is 83.1 cm³/mol. The molecule has 0 radical (unpaired) electrons. The molecule has 0 saturated carbocycles. The van der Waals surface area contributed by atoms with Gasteiger partial charge in [0.15, 0.2) is 0 Å². The molecule has 2 aromatic rings. The van der Waals surface area contributed by atoms with Gasteiger partial charge in [-0.3, -0.25) is 9.88 Å². The molecule has 4 heteroatoms. The molecule has 112 valence electrons. The summed E-state index contributed by atoms with van der Waals surface area (Å²) < 4.78 is 12.9. The summed E-state index contributed by atoms with van der Waals surface area (Å²) in [6, 6.07) is 12.3. The quantitative estimate of drug-likeness (QED) is 0.850. The van der Waals surface area contributed by atoms with Gasteiger partial charge in [-0.1, -0.05) is 25.1 Å². The fourth-order valence-electron chi connectivity index (χ4n) is 2.27. The third kappa shape index (κ3) is 4.92. The molecule has 0 fully saturated rings. The van der Waals surface area contributed by atoms with Gasteiger partial charge in [-0.25, -0.2) is 4.39 Å². The first kappa shape index (κ1) is 15.6. The number of benzene rings is 1. The lowest BCUT2D eigenvalue weighted by molar-refractivity contribution is 0.265. The second-order valence-corrected chi connectivity index (χ2v) is 5.14. The molecule has 0 aliphatic carbocycles. The number of pyridine rings is 1. The van der Waals surface area contributed by atoms with Crippen molar-refractivity contribution in [1.29, 1.82) is 0 Å². The maximum Gasteiger partial charge on any atom is 0.123 e. The third-order valence-electron chi connectivity index (χ3n) is 3.61. The van der Waals surface area contributed by atoms with Gasteiger partial charge in [-0.05, 0) is 42.8 Å². The highest BCUT2D eigenvalue weighted by molar-refractivity contribution is 5.19. The molecule has 1 aromatic carbocycles. The molecule has 1 heterocycles. The van der Waals surface area contributed by atoms with Gasteiger partial charge in [0.25, 0.3) is 0 Å². The zero-order chi connectivity index (χ0) is 15.1. The van der Waals surface area contributed by atoms with Crippen molar-refractivity contribution in [3.05, 3.63) is 65.7 Å². The minimum atomic E-state index is -0.226. The van der Waals surface area contributed by atoms with Gasteiger partial charge in [-0.2, -0.15) is 0 Å². The van der Waals surface area contributed by atoms with E-state index in [0.29, 0.717) is 0 Å². The van der Waals surface area contributed by atoms with E-state index in [2.05, 4.69) is 16.8 Å². The van der Waals surface area contributed by atoms with E-state index in [1.165, 1.54) is 12.1 Å². The summed E-state index contributed by atoms with van der Waals surface area (Å²) in [5.41, 5.74) is 8.22. The molecule has 2 N–H and O–H groups in total. The van der Waals surface area contributed by atoms with Crippen LogP contribution >= 0.6 is 0 Å². The number of nitrogens with two attached hydrogens (primary N) is 1. The molecule has 0 aliphatic rings. The van der Waals surface area contributed by atoms with Gasteiger partial charge >= 0.3 is 0 Å². The summed E-state index contributed by atoms with van der Waals surface area (Å²) in [6.45, 7) is 4.80. The average molecular weight is 287 g/mol. The molecule has 0 bridgehead atoms. The van der Waals surface area contributed by atoms with Crippen molar-refractivity contribution in [2.75, 3.05) is 13.1 Å². The number of aromatic nitrogens is 1. The predicted octanol–water partition coefficient (Wildman–Crippen LogP) is 3.13. The first-order chi connectivity index (χ1) is 10.2. The second kappa shape index (κ2) is 7.86. The van der Waals surface area contributed by atoms with Crippen LogP contribution in [0.15, 0.2) is 48.7 Å². The second-order valence-electron chi connectivity index (χ2n) is 5.14. The van der Waals surface area contributed by atoms with E-state index in [9.17, 15) is 4.39 Å². The lowest BCUT2D eigenvalue weighted by Crippen LogP contribution is -2.27. The Hall–Kier alpha value is -1.78. The van der Waals surface area contributed by atoms with Crippen molar-refractivity contribution in [3.63, 3.8) is 0 Å². The van der Waals surface area contributed by atoms with Crippen molar-refractivity contribution in [3.8, 4) is 0 Å². The third-order valence-corrected chi connectivity index (χ3v) is 3.61. The molecule has 1 aromatic heterocycles. The zero-order valence-electron chi connectivity index (χ0n) is 12.4. The topological polar surface area (TPSA) is 42.1 Å². The minimum absolute atomic E-state index is 0.0663. The number of hydrogen-bond donors (Lipinski definition) is 1. The molecule has 0 saturated heterocycles. The van der Waals surface area contributed by atoms with E-state index in [0.717, 1.165) is 37.3 Å². The Bertz CT molecular complexity index is 527. The molecule has 1 unspecified atom stereocenters. The fraction of sp³-hybridized carbons (Fsp3) is 0.353. The Kier molecular flexibility index (Phi) is 5.84. The molecule has 2 rings (SSSR count). The molecule has 0 amide bonds. The van der Waals surface area contributed by atoms with Gasteiger partial charge < -0.3 is 5.73 Å². The highest BCUT2D eigenvalue weighted by atomic mass is 19.1. The number of rotatable bonds is 7. The molecule has 3 nitrogen and oxygen atoms in total. The van der Waals surface area contributed by atoms with Crippen LogP contribution in [0.25, 0.3) is 0 Å². The Morgan fingerprint density at radius 2 is 1.95 bits per heavy atom. The van der Waals surface area contributed by atoms with E-state index in [4.69, 9.17) is 5.73 Å². The monoisotopic (exact) mass is 287 g/mol. The molecular weight excluding hydrogens is 265 g/mol. The molecule has 1 atom stereocenters. The summed E-state index contributed by atoms with van der Waals surface area (Å²) in [5, 5.41) is 0. The van der Waals surface area contributed by atoms with Crippen LogP contribution in [0.5, 0.6) is 0 Å². The van der Waals surface area contributed by atoms with Gasteiger partial charge in [0, 0.05) is 25.3 Å². The average Bonchev–Trinajstić information content (AvgIpc) is 2.52. The minimum Gasteiger partial charge on any atom is -0.324 e. The summed E-state index contributed by atoms with van der Waals surface area (Å²) in [5.74, 6) is -0.226. The van der Waals surface area contributed by atoms with Gasteiger partial charge in [0.2, 0.25) is 0 Å². The van der Waals surface area contributed by atoms with Crippen LogP contribution in [-0.2, 0) is 6.54 Å². The highest BCUT2D eigenvalue weighted by Crippen LogP contribution is 2.15. The van der Waals surface area contributed by atoms with Crippen LogP contribution in [-0.4, -0.2) is 23.0 Å². The molecular formula is C17H22FN3. The smallest absolute Gasteiger partial charge is 0.123 e. The lowest BCUT2D eigenvalue weighted by Gasteiger charge is -2.22. The number of halogens is 1. The lowest BCUT2D eigenvalue weighted by atomic mass is 10.0. The van der Waals surface area contributed by atoms with Crippen molar-refractivity contribution in [1.82, 2.24) is 9.88 Å². The van der Waals surface area contributed by atoms with E-state index in [-0.39, 0.29) is 11.9 Å². The summed E-state index contributed by atoms with van der Waals surface area (Å²) in [4.78, 5) is 6.66. The van der Waals surface area contributed by atoms with Crippen LogP contribution in [0.1, 0.15) is 30.6 Å². The SMILES string of the molecule is CCN(CCC(N)c1ccc(F)cc1)Cc1ccccn1. The largest absolute Gasteiger partial charge is 0.324 e. The fourth-order valence-corrected chi connectivity index (χ4v) is 2.27. The summed E-state index contributed by atoms with van der Waals surface area (Å²) in [7, 11) is 0. The van der Waals surface area contributed by atoms with Gasteiger partial charge in [0.05, 0.1) is 5.69 Å². The normalized spacial score (nSPS) is 12.6. The molecule has 0 spiro atoms. The van der Waals surface area contributed by atoms with Crippen molar-refractivity contribution in [2.24, 2.45) is 5.73 Å². The Morgan fingerprint density at radius 1 is 1.19 bits per heavy atom. The number of hydrogen-bond acceptors (Lipinski definition) is 3. The van der Waals surface area contributed by atoms with Crippen LogP contribution in [0, 0.1) is 5.82 Å². The maximum atomic E-state index is 12.9. The summed E-state index contributed by atoms with van der Waals surface area (Å²) >= 11 is 0. The maximum absolute atomic E-state index is 12.9. The molecule has 0 aliphatic heterocycles. The first-order valence-corrected chi connectivity index (χ1v) is 7.32. The van der Waals surface area contributed by atoms with Crippen molar-refractivity contribution >= 4 is 0 Å². The van der Waals surface area contributed by atoms with E-state index >= 15 is 0 Å².